The molecule has 2 bridgehead atoms. The average Bonchev–Trinajstić information content (AvgIpc) is 3.57. The normalized spacial score (nSPS) is 24.1. The van der Waals surface area contributed by atoms with Gasteiger partial charge in [0.2, 0.25) is 0 Å². The number of benzene rings is 3. The first kappa shape index (κ1) is 31.0. The van der Waals surface area contributed by atoms with Crippen LogP contribution >= 0.6 is 0 Å². The third-order valence-corrected chi connectivity index (χ3v) is 12.0. The van der Waals surface area contributed by atoms with Crippen molar-refractivity contribution < 1.29 is 18.6 Å². The Balaban J connectivity index is 1.08. The van der Waals surface area contributed by atoms with E-state index in [1.54, 1.807) is 24.3 Å². The quantitative estimate of drug-likeness (QED) is 0.221. The van der Waals surface area contributed by atoms with Crippen LogP contribution in [0, 0.1) is 34.8 Å². The predicted octanol–water partition coefficient (Wildman–Crippen LogP) is 5.59. The van der Waals surface area contributed by atoms with Crippen LogP contribution in [0.15, 0.2) is 36.4 Å². The number of phenols is 1. The van der Waals surface area contributed by atoms with Crippen LogP contribution in [-0.4, -0.2) is 84.5 Å². The summed E-state index contributed by atoms with van der Waals surface area (Å²) in [6.07, 6.45) is 13.8. The molecule has 10 heteroatoms. The van der Waals surface area contributed by atoms with E-state index < -0.39 is 11.6 Å². The fourth-order valence-corrected chi connectivity index (χ4v) is 9.04. The van der Waals surface area contributed by atoms with Gasteiger partial charge in [-0.1, -0.05) is 18.1 Å². The molecule has 1 aliphatic carbocycles. The third kappa shape index (κ3) is 5.56. The number of nitrogens with one attached hydrogen (secondary N) is 2. The number of ether oxygens (including phenoxy) is 1. The lowest BCUT2D eigenvalue weighted by Crippen LogP contribution is -2.51. The zero-order chi connectivity index (χ0) is 33.3. The van der Waals surface area contributed by atoms with Crippen molar-refractivity contribution in [3.63, 3.8) is 0 Å². The summed E-state index contributed by atoms with van der Waals surface area (Å²) in [5, 5.41) is 19.2. The molecular formula is C39H42F2N6O2. The van der Waals surface area contributed by atoms with Gasteiger partial charge in [-0.15, -0.1) is 6.42 Å². The Morgan fingerprint density at radius 1 is 1.02 bits per heavy atom. The van der Waals surface area contributed by atoms with Crippen molar-refractivity contribution in [2.24, 2.45) is 10.8 Å². The van der Waals surface area contributed by atoms with Gasteiger partial charge >= 0.3 is 6.01 Å². The van der Waals surface area contributed by atoms with Gasteiger partial charge in [-0.25, -0.2) is 8.78 Å². The highest BCUT2D eigenvalue weighted by Crippen LogP contribution is 2.48. The summed E-state index contributed by atoms with van der Waals surface area (Å²) >= 11 is 0. The molecule has 3 N–H and O–H groups in total. The minimum absolute atomic E-state index is 0.00619. The van der Waals surface area contributed by atoms with Crippen LogP contribution in [0.3, 0.4) is 0 Å². The Morgan fingerprint density at radius 2 is 1.82 bits per heavy atom. The largest absolute Gasteiger partial charge is 0.508 e. The number of hydrogen-bond donors (Lipinski definition) is 3. The summed E-state index contributed by atoms with van der Waals surface area (Å²) in [6.45, 7) is 7.28. The number of aromatic nitrogens is 2. The molecule has 2 unspecified atom stereocenters. The van der Waals surface area contributed by atoms with Gasteiger partial charge < -0.3 is 30.3 Å². The topological polar surface area (TPSA) is 85.8 Å². The summed E-state index contributed by atoms with van der Waals surface area (Å²) in [5.41, 5.74) is 0.867. The van der Waals surface area contributed by atoms with Gasteiger partial charge in [-0.2, -0.15) is 9.97 Å². The molecule has 3 aromatic carbocycles. The van der Waals surface area contributed by atoms with Crippen LogP contribution in [0.4, 0.5) is 14.6 Å². The van der Waals surface area contributed by atoms with Gasteiger partial charge in [0.1, 0.15) is 22.9 Å². The van der Waals surface area contributed by atoms with Crippen molar-refractivity contribution in [1.82, 2.24) is 25.5 Å². The molecule has 9 rings (SSSR count). The number of nitrogens with zero attached hydrogens (tertiary/aromatic N) is 4. The van der Waals surface area contributed by atoms with E-state index in [-0.39, 0.29) is 33.8 Å². The van der Waals surface area contributed by atoms with Crippen LogP contribution in [0.1, 0.15) is 50.5 Å². The van der Waals surface area contributed by atoms with Crippen molar-refractivity contribution in [1.29, 1.82) is 0 Å². The Labute approximate surface area is 285 Å². The van der Waals surface area contributed by atoms with Crippen LogP contribution in [0.5, 0.6) is 11.8 Å². The van der Waals surface area contributed by atoms with E-state index in [4.69, 9.17) is 16.1 Å². The van der Waals surface area contributed by atoms with E-state index in [0.29, 0.717) is 64.7 Å². The predicted molar refractivity (Wildman–Crippen MR) is 187 cm³/mol. The summed E-state index contributed by atoms with van der Waals surface area (Å²) in [6, 6.07) is 10.2. The molecular weight excluding hydrogens is 622 g/mol. The monoisotopic (exact) mass is 664 g/mol. The number of fused-ring (bicyclic) bond motifs is 4. The lowest BCUT2D eigenvalue weighted by atomic mass is 9.77. The number of hydrogen-bond acceptors (Lipinski definition) is 8. The van der Waals surface area contributed by atoms with Crippen LogP contribution in [0.2, 0.25) is 0 Å². The summed E-state index contributed by atoms with van der Waals surface area (Å²) in [5.74, 6) is 1.42. The molecule has 2 atom stereocenters. The first-order valence-electron chi connectivity index (χ1n) is 17.8. The van der Waals surface area contributed by atoms with E-state index >= 15 is 8.78 Å². The maximum atomic E-state index is 17.0. The summed E-state index contributed by atoms with van der Waals surface area (Å²) in [4.78, 5) is 14.2. The average molecular weight is 665 g/mol. The van der Waals surface area contributed by atoms with Gasteiger partial charge in [0.25, 0.3) is 0 Å². The Bertz CT molecular complexity index is 1980. The first-order chi connectivity index (χ1) is 23.8. The number of anilines is 1. The number of halogens is 2. The van der Waals surface area contributed by atoms with E-state index in [1.807, 2.05) is 0 Å². The fraction of sp³-hybridized carbons (Fsp3) is 0.487. The molecule has 254 valence electrons. The molecule has 1 saturated carbocycles. The van der Waals surface area contributed by atoms with Gasteiger partial charge in [-0.3, -0.25) is 0 Å². The molecule has 1 aromatic heterocycles. The van der Waals surface area contributed by atoms with E-state index in [9.17, 15) is 5.11 Å². The van der Waals surface area contributed by atoms with Gasteiger partial charge in [0, 0.05) is 65.6 Å². The van der Waals surface area contributed by atoms with E-state index in [2.05, 4.69) is 31.3 Å². The van der Waals surface area contributed by atoms with Crippen LogP contribution in [0.25, 0.3) is 32.8 Å². The maximum Gasteiger partial charge on any atom is 0.319 e. The van der Waals surface area contributed by atoms with Crippen LogP contribution < -0.4 is 20.3 Å². The minimum Gasteiger partial charge on any atom is -0.508 e. The lowest BCUT2D eigenvalue weighted by Gasteiger charge is -2.40. The highest BCUT2D eigenvalue weighted by molar-refractivity contribution is 6.04. The highest BCUT2D eigenvalue weighted by Gasteiger charge is 2.47. The number of likely N-dealkylation sites (tertiary alicyclic amines) is 1. The second-order valence-corrected chi connectivity index (χ2v) is 15.3. The number of rotatable bonds is 7. The number of piperidine rings is 1. The SMILES string of the molecule is C#Cc1cccc2cc(O)cc(-c3c(F)cc4c(N5CC6CCC(C5)N6)nc(OCC5(CN6CCC7(CCNC7)CC6)CC5)nc4c3F)c12. The van der Waals surface area contributed by atoms with E-state index in [0.717, 1.165) is 58.4 Å². The minimum atomic E-state index is -0.829. The van der Waals surface area contributed by atoms with Gasteiger partial charge in [0.05, 0.1) is 12.2 Å². The van der Waals surface area contributed by atoms with Gasteiger partial charge in [0.15, 0.2) is 5.82 Å². The Kier molecular flexibility index (Phi) is 7.45. The summed E-state index contributed by atoms with van der Waals surface area (Å²) in [7, 11) is 0. The number of piperazine rings is 1. The van der Waals surface area contributed by atoms with E-state index in [1.165, 1.54) is 31.4 Å². The fourth-order valence-electron chi connectivity index (χ4n) is 9.04. The molecule has 5 aliphatic rings. The molecule has 8 nitrogen and oxygen atoms in total. The lowest BCUT2D eigenvalue weighted by molar-refractivity contribution is 0.0854. The molecule has 0 amide bonds. The number of terminal acetylenes is 1. The molecule has 1 spiro atoms. The third-order valence-electron chi connectivity index (χ3n) is 12.0. The van der Waals surface area contributed by atoms with Gasteiger partial charge in [-0.05, 0) is 99.6 Å². The first-order valence-corrected chi connectivity index (χ1v) is 17.8. The van der Waals surface area contributed by atoms with Crippen LogP contribution in [-0.2, 0) is 0 Å². The smallest absolute Gasteiger partial charge is 0.319 e. The van der Waals surface area contributed by atoms with Crippen molar-refractivity contribution in [3.05, 3.63) is 53.6 Å². The molecule has 49 heavy (non-hydrogen) atoms. The summed E-state index contributed by atoms with van der Waals surface area (Å²) < 4.78 is 39.7. The standard InChI is InChI=1S/C39H42F2N6O2/c1-2-24-4-3-5-25-16-28(48)17-29(32(24)25)33-31(40)18-30-35(34(33)41)44-37(45-36(30)47-19-26-6-7-27(20-47)43-26)49-23-39(8-9-39)22-46-14-11-38(12-15-46)10-13-42-21-38/h1,3-5,16-18,26-27,42-43,48H,6-15,19-23H2. The van der Waals surface area contributed by atoms with Crippen molar-refractivity contribution in [2.75, 3.05) is 57.3 Å². The Morgan fingerprint density at radius 3 is 2.53 bits per heavy atom. The molecule has 4 aliphatic heterocycles. The zero-order valence-electron chi connectivity index (χ0n) is 27.7. The second-order valence-electron chi connectivity index (χ2n) is 15.3. The van der Waals surface area contributed by atoms with Crippen molar-refractivity contribution in [3.8, 4) is 35.2 Å². The molecule has 4 aromatic rings. The molecule has 5 fully saturated rings. The molecule has 5 heterocycles. The Hall–Kier alpha value is -4.04. The number of phenolic OH excluding ortho intramolecular Hbond substituents is 1. The highest BCUT2D eigenvalue weighted by atomic mass is 19.1. The molecule has 4 saturated heterocycles. The maximum absolute atomic E-state index is 17.0. The van der Waals surface area contributed by atoms with Crippen molar-refractivity contribution >= 4 is 27.5 Å². The zero-order valence-corrected chi connectivity index (χ0v) is 27.7. The molecule has 0 radical (unpaired) electrons. The van der Waals surface area contributed by atoms with Crippen molar-refractivity contribution in [2.45, 2.75) is 57.0 Å². The second kappa shape index (κ2) is 11.8. The number of aromatic hydroxyl groups is 1.